The molecule has 0 aliphatic carbocycles. The molecule has 0 bridgehead atoms. The summed E-state index contributed by atoms with van der Waals surface area (Å²) < 4.78 is 12.3. The number of nitrogens with zero attached hydrogens (tertiary/aromatic N) is 5. The lowest BCUT2D eigenvalue weighted by Crippen LogP contribution is -2.50. The number of aliphatic hydroxyl groups is 2. The van der Waals surface area contributed by atoms with Crippen LogP contribution in [0.25, 0.3) is 16.8 Å². The van der Waals surface area contributed by atoms with Crippen molar-refractivity contribution < 1.29 is 24.5 Å². The number of amides is 1. The van der Waals surface area contributed by atoms with Crippen LogP contribution in [0.15, 0.2) is 48.2 Å². The third-order valence-electron chi connectivity index (χ3n) is 7.43. The molecule has 3 aromatic rings. The predicted molar refractivity (Wildman–Crippen MR) is 148 cm³/mol. The van der Waals surface area contributed by atoms with E-state index in [1.807, 2.05) is 24.3 Å². The first-order chi connectivity index (χ1) is 19.4. The molecule has 0 unspecified atom stereocenters. The molecule has 0 spiro atoms. The van der Waals surface area contributed by atoms with Crippen molar-refractivity contribution in [3.8, 4) is 6.07 Å². The van der Waals surface area contributed by atoms with E-state index in [0.29, 0.717) is 5.69 Å². The summed E-state index contributed by atoms with van der Waals surface area (Å²) in [4.78, 5) is 15.2. The maximum Gasteiger partial charge on any atom is 0.262 e. The highest BCUT2D eigenvalue weighted by Gasteiger charge is 2.37. The summed E-state index contributed by atoms with van der Waals surface area (Å²) in [7, 11) is 1.47. The largest absolute Gasteiger partial charge is 0.390 e. The van der Waals surface area contributed by atoms with Gasteiger partial charge in [0, 0.05) is 32.3 Å². The Morgan fingerprint density at radius 2 is 1.98 bits per heavy atom. The number of rotatable bonds is 8. The van der Waals surface area contributed by atoms with Gasteiger partial charge in [0.15, 0.2) is 6.29 Å². The van der Waals surface area contributed by atoms with E-state index in [1.165, 1.54) is 36.7 Å². The molecule has 4 atom stereocenters. The fraction of sp³-hybridized carbons (Fsp3) is 0.448. The normalized spacial score (nSPS) is 23.6. The lowest BCUT2D eigenvalue weighted by Gasteiger charge is -2.36. The van der Waals surface area contributed by atoms with Gasteiger partial charge >= 0.3 is 0 Å². The first kappa shape index (κ1) is 27.7. The van der Waals surface area contributed by atoms with Crippen LogP contribution < -0.4 is 10.2 Å². The van der Waals surface area contributed by atoms with E-state index < -0.39 is 30.5 Å². The lowest BCUT2D eigenvalue weighted by atomic mass is 10.0. The molecule has 2 fully saturated rings. The molecule has 3 N–H and O–H groups in total. The molecule has 2 aromatic carbocycles. The molecule has 0 radical (unpaired) electrons. The Labute approximate surface area is 232 Å². The summed E-state index contributed by atoms with van der Waals surface area (Å²) >= 11 is 0. The van der Waals surface area contributed by atoms with E-state index in [-0.39, 0.29) is 25.1 Å². The molecule has 2 aliphatic heterocycles. The minimum absolute atomic E-state index is 0.0185. The van der Waals surface area contributed by atoms with Crippen LogP contribution in [0.1, 0.15) is 36.9 Å². The SMILES string of the molecule is CO[C@@H]1C[C@@H](O)[C@H](O)[C@@H](Cn2cc(CNC(=O)/C(C#N)=C/c3ccc4cc(N5CCCCC5)ccc4c3)nn2)O1. The van der Waals surface area contributed by atoms with Crippen LogP contribution in [0.3, 0.4) is 0 Å². The molecular weight excluding hydrogens is 512 g/mol. The summed E-state index contributed by atoms with van der Waals surface area (Å²) in [5.41, 5.74) is 2.44. The van der Waals surface area contributed by atoms with Crippen LogP contribution >= 0.6 is 0 Å². The van der Waals surface area contributed by atoms with Crippen LogP contribution in [0.5, 0.6) is 0 Å². The number of nitrogens with one attached hydrogen (secondary N) is 1. The molecule has 11 nitrogen and oxygen atoms in total. The second kappa shape index (κ2) is 12.6. The number of carbonyl (C=O) groups is 1. The minimum Gasteiger partial charge on any atom is -0.390 e. The number of anilines is 1. The topological polar surface area (TPSA) is 146 Å². The zero-order valence-electron chi connectivity index (χ0n) is 22.4. The van der Waals surface area contributed by atoms with Crippen LogP contribution in [0.2, 0.25) is 0 Å². The second-order valence-corrected chi connectivity index (χ2v) is 10.3. The maximum absolute atomic E-state index is 12.8. The zero-order valence-corrected chi connectivity index (χ0v) is 22.4. The van der Waals surface area contributed by atoms with Gasteiger partial charge in [-0.2, -0.15) is 5.26 Å². The number of benzene rings is 2. The van der Waals surface area contributed by atoms with Crippen molar-refractivity contribution in [3.63, 3.8) is 0 Å². The number of carbonyl (C=O) groups excluding carboxylic acids is 1. The molecule has 3 heterocycles. The Balaban J connectivity index is 1.19. The molecule has 1 amide bonds. The molecule has 2 saturated heterocycles. The number of nitriles is 1. The Morgan fingerprint density at radius 3 is 2.75 bits per heavy atom. The molecular formula is C29H34N6O5. The van der Waals surface area contributed by atoms with E-state index in [4.69, 9.17) is 9.47 Å². The van der Waals surface area contributed by atoms with Gasteiger partial charge in [-0.3, -0.25) is 4.79 Å². The van der Waals surface area contributed by atoms with Gasteiger partial charge < -0.3 is 29.9 Å². The zero-order chi connectivity index (χ0) is 28.1. The maximum atomic E-state index is 12.8. The van der Waals surface area contributed by atoms with Crippen LogP contribution in [0, 0.1) is 11.3 Å². The molecule has 5 rings (SSSR count). The number of aliphatic hydroxyl groups excluding tert-OH is 2. The number of piperidine rings is 1. The van der Waals surface area contributed by atoms with Gasteiger partial charge in [-0.1, -0.05) is 23.4 Å². The molecule has 0 saturated carbocycles. The summed E-state index contributed by atoms with van der Waals surface area (Å²) in [5.74, 6) is -0.519. The van der Waals surface area contributed by atoms with Crippen molar-refractivity contribution >= 4 is 28.4 Å². The smallest absolute Gasteiger partial charge is 0.262 e. The Bertz CT molecular complexity index is 1410. The summed E-state index contributed by atoms with van der Waals surface area (Å²) in [6, 6.07) is 14.3. The van der Waals surface area contributed by atoms with Gasteiger partial charge in [-0.25, -0.2) is 4.68 Å². The highest BCUT2D eigenvalue weighted by molar-refractivity contribution is 6.02. The fourth-order valence-electron chi connectivity index (χ4n) is 5.18. The third-order valence-corrected chi connectivity index (χ3v) is 7.43. The first-order valence-corrected chi connectivity index (χ1v) is 13.6. The van der Waals surface area contributed by atoms with Crippen LogP contribution in [-0.2, 0) is 27.4 Å². The van der Waals surface area contributed by atoms with Gasteiger partial charge in [0.05, 0.1) is 25.4 Å². The quantitative estimate of drug-likeness (QED) is 0.286. The van der Waals surface area contributed by atoms with Crippen LogP contribution in [-0.4, -0.2) is 75.9 Å². The standard InChI is InChI=1S/C29H34N6O5/c1-39-27-14-25(36)28(37)26(40-27)18-35-17-23(32-33-35)16-31-29(38)22(15-30)12-19-5-6-21-13-24(8-7-20(21)11-19)34-9-3-2-4-10-34/h5-8,11-13,17,25-28,36-37H,2-4,9-10,14,16,18H2,1H3,(H,31,38)/b22-12+/t25-,26-,27+,28+/m1/s1. The van der Waals surface area contributed by atoms with Gasteiger partial charge in [-0.15, -0.1) is 5.10 Å². The van der Waals surface area contributed by atoms with E-state index in [2.05, 4.69) is 38.7 Å². The van der Waals surface area contributed by atoms with E-state index in [9.17, 15) is 20.3 Å². The average molecular weight is 547 g/mol. The lowest BCUT2D eigenvalue weighted by molar-refractivity contribution is -0.245. The third kappa shape index (κ3) is 6.48. The van der Waals surface area contributed by atoms with Crippen molar-refractivity contribution in [3.05, 3.63) is 59.4 Å². The summed E-state index contributed by atoms with van der Waals surface area (Å²) in [6.45, 7) is 2.37. The van der Waals surface area contributed by atoms with Crippen molar-refractivity contribution in [1.29, 1.82) is 5.26 Å². The number of hydrogen-bond acceptors (Lipinski definition) is 9. The van der Waals surface area contributed by atoms with Gasteiger partial charge in [0.2, 0.25) is 0 Å². The Kier molecular flexibility index (Phi) is 8.72. The van der Waals surface area contributed by atoms with E-state index in [0.717, 1.165) is 29.4 Å². The molecule has 40 heavy (non-hydrogen) atoms. The molecule has 1 aromatic heterocycles. The minimum atomic E-state index is -1.09. The van der Waals surface area contributed by atoms with Crippen molar-refractivity contribution in [2.45, 2.75) is 63.4 Å². The highest BCUT2D eigenvalue weighted by Crippen LogP contribution is 2.26. The Morgan fingerprint density at radius 1 is 1.20 bits per heavy atom. The van der Waals surface area contributed by atoms with Crippen molar-refractivity contribution in [1.82, 2.24) is 20.3 Å². The second-order valence-electron chi connectivity index (χ2n) is 10.3. The van der Waals surface area contributed by atoms with Gasteiger partial charge in [-0.05, 0) is 59.9 Å². The van der Waals surface area contributed by atoms with Gasteiger partial charge in [0.25, 0.3) is 5.91 Å². The highest BCUT2D eigenvalue weighted by atomic mass is 16.7. The number of aromatic nitrogens is 3. The first-order valence-electron chi connectivity index (χ1n) is 13.6. The molecule has 210 valence electrons. The molecule has 11 heteroatoms. The van der Waals surface area contributed by atoms with E-state index in [1.54, 1.807) is 12.3 Å². The van der Waals surface area contributed by atoms with Crippen molar-refractivity contribution in [2.24, 2.45) is 0 Å². The summed E-state index contributed by atoms with van der Waals surface area (Å²) in [5, 5.41) is 42.8. The summed E-state index contributed by atoms with van der Waals surface area (Å²) in [6.07, 6.45) is 3.67. The predicted octanol–water partition coefficient (Wildman–Crippen LogP) is 2.13. The average Bonchev–Trinajstić information content (AvgIpc) is 3.44. The molecule has 2 aliphatic rings. The van der Waals surface area contributed by atoms with Crippen LogP contribution in [0.4, 0.5) is 5.69 Å². The van der Waals surface area contributed by atoms with Crippen molar-refractivity contribution in [2.75, 3.05) is 25.1 Å². The van der Waals surface area contributed by atoms with Gasteiger partial charge in [0.1, 0.15) is 29.5 Å². The van der Waals surface area contributed by atoms with E-state index >= 15 is 0 Å². The number of fused-ring (bicyclic) bond motifs is 1. The Hall–Kier alpha value is -3.82. The fourth-order valence-corrected chi connectivity index (χ4v) is 5.18. The number of methoxy groups -OCH3 is 1. The number of ether oxygens (including phenoxy) is 2. The number of hydrogen-bond donors (Lipinski definition) is 3. The monoisotopic (exact) mass is 546 g/mol.